The van der Waals surface area contributed by atoms with E-state index >= 15 is 0 Å². The van der Waals surface area contributed by atoms with E-state index in [-0.39, 0.29) is 17.4 Å². The van der Waals surface area contributed by atoms with E-state index in [1.54, 1.807) is 6.07 Å². The van der Waals surface area contributed by atoms with Gasteiger partial charge in [-0.1, -0.05) is 26.0 Å². The van der Waals surface area contributed by atoms with Gasteiger partial charge < -0.3 is 0 Å². The number of hydrogen-bond acceptors (Lipinski definition) is 3. The molecule has 0 saturated carbocycles. The van der Waals surface area contributed by atoms with Crippen molar-refractivity contribution in [3.63, 3.8) is 0 Å². The lowest BCUT2D eigenvalue weighted by Gasteiger charge is -2.43. The van der Waals surface area contributed by atoms with Gasteiger partial charge in [-0.05, 0) is 60.9 Å². The van der Waals surface area contributed by atoms with Crippen LogP contribution >= 0.6 is 15.9 Å². The Morgan fingerprint density at radius 2 is 1.95 bits per heavy atom. The van der Waals surface area contributed by atoms with Crippen LogP contribution in [0.5, 0.6) is 0 Å². The van der Waals surface area contributed by atoms with Crippen molar-refractivity contribution < 1.29 is 4.39 Å². The summed E-state index contributed by atoms with van der Waals surface area (Å²) in [5, 5.41) is 0. The van der Waals surface area contributed by atoms with E-state index in [4.69, 9.17) is 5.84 Å². The molecule has 3 N–H and O–H groups in total. The van der Waals surface area contributed by atoms with E-state index in [1.807, 2.05) is 6.07 Å². The minimum absolute atomic E-state index is 0.0282. The second-order valence-corrected chi connectivity index (χ2v) is 6.26. The van der Waals surface area contributed by atoms with Gasteiger partial charge in [-0.3, -0.25) is 16.2 Å². The molecular formula is C15H25BrFN3. The van der Waals surface area contributed by atoms with Gasteiger partial charge in [0.05, 0.1) is 4.47 Å². The summed E-state index contributed by atoms with van der Waals surface area (Å²) in [6.45, 7) is 10.5. The summed E-state index contributed by atoms with van der Waals surface area (Å²) in [4.78, 5) is 2.35. The predicted octanol–water partition coefficient (Wildman–Crippen LogP) is 3.08. The molecule has 1 atom stereocenters. The van der Waals surface area contributed by atoms with Gasteiger partial charge in [-0.25, -0.2) is 4.39 Å². The molecule has 0 fully saturated rings. The molecule has 0 aliphatic carbocycles. The molecule has 1 aromatic rings. The first-order chi connectivity index (χ1) is 9.38. The normalized spacial score (nSPS) is 13.8. The number of likely N-dealkylation sites (N-methyl/N-ethyl adjacent to an activating group) is 1. The molecular weight excluding hydrogens is 321 g/mol. The minimum Gasteiger partial charge on any atom is -0.297 e. The number of nitrogens with two attached hydrogens (primary N) is 1. The van der Waals surface area contributed by atoms with Crippen LogP contribution in [0.15, 0.2) is 22.7 Å². The Balaban J connectivity index is 2.99. The third-order valence-corrected chi connectivity index (χ3v) is 4.98. The molecule has 0 amide bonds. The molecule has 0 bridgehead atoms. The second kappa shape index (κ2) is 7.50. The van der Waals surface area contributed by atoms with Gasteiger partial charge in [-0.15, -0.1) is 0 Å². The van der Waals surface area contributed by atoms with E-state index < -0.39 is 0 Å². The summed E-state index contributed by atoms with van der Waals surface area (Å²) in [7, 11) is 0. The van der Waals surface area contributed by atoms with E-state index in [1.165, 1.54) is 6.07 Å². The molecule has 5 heteroatoms. The average Bonchev–Trinajstić information content (AvgIpc) is 2.41. The highest BCUT2D eigenvalue weighted by atomic mass is 79.9. The zero-order valence-electron chi connectivity index (χ0n) is 12.7. The average molecular weight is 346 g/mol. The molecule has 20 heavy (non-hydrogen) atoms. The Bertz CT molecular complexity index is 433. The third kappa shape index (κ3) is 3.79. The SMILES string of the molecule is CCN(CC)C(C)(C)C(Cc1cccc(F)c1Br)NN. The Kier molecular flexibility index (Phi) is 6.58. The molecule has 1 rings (SSSR count). The van der Waals surface area contributed by atoms with Crippen LogP contribution < -0.4 is 11.3 Å². The molecule has 0 saturated heterocycles. The lowest BCUT2D eigenvalue weighted by atomic mass is 9.87. The molecule has 1 unspecified atom stereocenters. The lowest BCUT2D eigenvalue weighted by molar-refractivity contribution is 0.0911. The quantitative estimate of drug-likeness (QED) is 0.589. The summed E-state index contributed by atoms with van der Waals surface area (Å²) in [6, 6.07) is 5.14. The Labute approximate surface area is 129 Å². The maximum atomic E-state index is 13.6. The van der Waals surface area contributed by atoms with Crippen LogP contribution in [0.3, 0.4) is 0 Å². The fourth-order valence-corrected chi connectivity index (χ4v) is 3.12. The number of nitrogens with one attached hydrogen (secondary N) is 1. The van der Waals surface area contributed by atoms with Gasteiger partial charge >= 0.3 is 0 Å². The highest BCUT2D eigenvalue weighted by Gasteiger charge is 2.33. The van der Waals surface area contributed by atoms with Gasteiger partial charge in [0.2, 0.25) is 0 Å². The molecule has 0 aliphatic heterocycles. The highest BCUT2D eigenvalue weighted by Crippen LogP contribution is 2.26. The first-order valence-corrected chi connectivity index (χ1v) is 7.81. The first-order valence-electron chi connectivity index (χ1n) is 7.02. The standard InChI is InChI=1S/C15H25BrFN3/c1-5-20(6-2)15(3,4)13(19-18)10-11-8-7-9-12(17)14(11)16/h7-9,13,19H,5-6,10,18H2,1-4H3. The third-order valence-electron chi connectivity index (χ3n) is 4.09. The van der Waals surface area contributed by atoms with Crippen LogP contribution in [0, 0.1) is 5.82 Å². The smallest absolute Gasteiger partial charge is 0.137 e. The number of halogens is 2. The fourth-order valence-electron chi connectivity index (χ4n) is 2.70. The zero-order chi connectivity index (χ0) is 15.3. The van der Waals surface area contributed by atoms with E-state index in [0.717, 1.165) is 18.7 Å². The van der Waals surface area contributed by atoms with Crippen molar-refractivity contribution in [2.75, 3.05) is 13.1 Å². The number of rotatable bonds is 7. The molecule has 0 spiro atoms. The molecule has 0 aromatic heterocycles. The fraction of sp³-hybridized carbons (Fsp3) is 0.600. The maximum Gasteiger partial charge on any atom is 0.137 e. The van der Waals surface area contributed by atoms with Crippen LogP contribution in [0.1, 0.15) is 33.3 Å². The van der Waals surface area contributed by atoms with Crippen LogP contribution in [-0.4, -0.2) is 29.6 Å². The lowest BCUT2D eigenvalue weighted by Crippen LogP contribution is -2.60. The summed E-state index contributed by atoms with van der Waals surface area (Å²) in [5.74, 6) is 5.52. The van der Waals surface area contributed by atoms with Crippen LogP contribution in [0.25, 0.3) is 0 Å². The van der Waals surface area contributed by atoms with E-state index in [2.05, 4.69) is 54.0 Å². The zero-order valence-corrected chi connectivity index (χ0v) is 14.3. The molecule has 3 nitrogen and oxygen atoms in total. The van der Waals surface area contributed by atoms with Crippen LogP contribution in [-0.2, 0) is 6.42 Å². The number of hydrazine groups is 1. The maximum absolute atomic E-state index is 13.6. The van der Waals surface area contributed by atoms with Gasteiger partial charge in [-0.2, -0.15) is 0 Å². The summed E-state index contributed by atoms with van der Waals surface area (Å²) < 4.78 is 14.1. The van der Waals surface area contributed by atoms with Crippen LogP contribution in [0.4, 0.5) is 4.39 Å². The van der Waals surface area contributed by atoms with Crippen molar-refractivity contribution in [2.45, 2.75) is 45.7 Å². The van der Waals surface area contributed by atoms with Crippen molar-refractivity contribution in [2.24, 2.45) is 5.84 Å². The molecule has 0 heterocycles. The van der Waals surface area contributed by atoms with Gasteiger partial charge in [0.15, 0.2) is 0 Å². The van der Waals surface area contributed by atoms with Crippen molar-refractivity contribution in [1.29, 1.82) is 0 Å². The van der Waals surface area contributed by atoms with Crippen molar-refractivity contribution in [3.8, 4) is 0 Å². The Hall–Kier alpha value is -0.490. The Morgan fingerprint density at radius 1 is 1.35 bits per heavy atom. The second-order valence-electron chi connectivity index (χ2n) is 5.46. The first kappa shape index (κ1) is 17.6. The van der Waals surface area contributed by atoms with Crippen LogP contribution in [0.2, 0.25) is 0 Å². The topological polar surface area (TPSA) is 41.3 Å². The molecule has 0 aliphatic rings. The minimum atomic E-state index is -0.237. The number of nitrogens with zero attached hydrogens (tertiary/aromatic N) is 1. The van der Waals surface area contributed by atoms with Gasteiger partial charge in [0, 0.05) is 11.6 Å². The van der Waals surface area contributed by atoms with Crippen molar-refractivity contribution in [1.82, 2.24) is 10.3 Å². The summed E-state index contributed by atoms with van der Waals surface area (Å²) >= 11 is 3.32. The molecule has 1 aromatic carbocycles. The largest absolute Gasteiger partial charge is 0.297 e. The van der Waals surface area contributed by atoms with E-state index in [0.29, 0.717) is 10.9 Å². The summed E-state index contributed by atoms with van der Waals surface area (Å²) in [5.41, 5.74) is 3.70. The Morgan fingerprint density at radius 3 is 2.45 bits per heavy atom. The van der Waals surface area contributed by atoms with Crippen molar-refractivity contribution in [3.05, 3.63) is 34.1 Å². The molecule has 114 valence electrons. The number of hydrogen-bond donors (Lipinski definition) is 2. The predicted molar refractivity (Wildman–Crippen MR) is 85.9 cm³/mol. The number of benzene rings is 1. The highest BCUT2D eigenvalue weighted by molar-refractivity contribution is 9.10. The molecule has 0 radical (unpaired) electrons. The monoisotopic (exact) mass is 345 g/mol. The van der Waals surface area contributed by atoms with E-state index in [9.17, 15) is 4.39 Å². The van der Waals surface area contributed by atoms with Gasteiger partial charge in [0.25, 0.3) is 0 Å². The van der Waals surface area contributed by atoms with Gasteiger partial charge in [0.1, 0.15) is 5.82 Å². The van der Waals surface area contributed by atoms with Crippen molar-refractivity contribution >= 4 is 15.9 Å². The summed E-state index contributed by atoms with van der Waals surface area (Å²) in [6.07, 6.45) is 0.665.